The van der Waals surface area contributed by atoms with E-state index >= 15 is 0 Å². The summed E-state index contributed by atoms with van der Waals surface area (Å²) in [5.74, 6) is -0.330. The molecule has 0 radical (unpaired) electrons. The number of hydrogen-bond donors (Lipinski definition) is 2. The van der Waals surface area contributed by atoms with E-state index in [1.165, 1.54) is 4.68 Å². The van der Waals surface area contributed by atoms with Crippen molar-refractivity contribution in [2.45, 2.75) is 26.4 Å². The van der Waals surface area contributed by atoms with Crippen LogP contribution in [0.3, 0.4) is 0 Å². The quantitative estimate of drug-likeness (QED) is 0.536. The number of rotatable bonds is 8. The molecule has 1 saturated heterocycles. The van der Waals surface area contributed by atoms with E-state index in [1.807, 2.05) is 43.3 Å². The standard InChI is InChI=1S/C25H27N5O4/c1-17-7-8-22(34-2)21(11-17)30-15-19(13-24(30)32)25(33)26-14-18-5-3-6-20(12-18)28-23(31)16-29-10-4-9-27-29/h3-12,19H,13-16H2,1-2H3,(H,26,33)(H,28,31). The fraction of sp³-hybridized carbons (Fsp3) is 0.280. The van der Waals surface area contributed by atoms with Gasteiger partial charge in [-0.05, 0) is 48.4 Å². The molecule has 2 heterocycles. The summed E-state index contributed by atoms with van der Waals surface area (Å²) in [6.45, 7) is 2.65. The number of nitrogens with zero attached hydrogens (tertiary/aromatic N) is 3. The average molecular weight is 462 g/mol. The van der Waals surface area contributed by atoms with Crippen LogP contribution in [0.2, 0.25) is 0 Å². The smallest absolute Gasteiger partial charge is 0.246 e. The first kappa shape index (κ1) is 23.0. The Morgan fingerprint density at radius 2 is 2.03 bits per heavy atom. The van der Waals surface area contributed by atoms with Crippen LogP contribution in [0.1, 0.15) is 17.5 Å². The van der Waals surface area contributed by atoms with Crippen molar-refractivity contribution >= 4 is 29.1 Å². The third-order valence-corrected chi connectivity index (χ3v) is 5.66. The number of carbonyl (C=O) groups is 3. The van der Waals surface area contributed by atoms with E-state index in [0.29, 0.717) is 30.2 Å². The highest BCUT2D eigenvalue weighted by molar-refractivity contribution is 6.01. The van der Waals surface area contributed by atoms with Crippen molar-refractivity contribution in [1.82, 2.24) is 15.1 Å². The second-order valence-electron chi connectivity index (χ2n) is 8.25. The zero-order valence-corrected chi connectivity index (χ0v) is 19.2. The molecule has 1 fully saturated rings. The third kappa shape index (κ3) is 5.43. The van der Waals surface area contributed by atoms with E-state index in [2.05, 4.69) is 15.7 Å². The molecule has 0 bridgehead atoms. The second kappa shape index (κ2) is 10.2. The summed E-state index contributed by atoms with van der Waals surface area (Å²) >= 11 is 0. The molecule has 0 saturated carbocycles. The van der Waals surface area contributed by atoms with Crippen molar-refractivity contribution in [3.63, 3.8) is 0 Å². The summed E-state index contributed by atoms with van der Waals surface area (Å²) in [5.41, 5.74) is 3.17. The van der Waals surface area contributed by atoms with E-state index < -0.39 is 5.92 Å². The lowest BCUT2D eigenvalue weighted by molar-refractivity contribution is -0.126. The summed E-state index contributed by atoms with van der Waals surface area (Å²) in [6.07, 6.45) is 3.48. The molecule has 0 aliphatic carbocycles. The number of anilines is 2. The van der Waals surface area contributed by atoms with Gasteiger partial charge < -0.3 is 20.3 Å². The van der Waals surface area contributed by atoms with Crippen molar-refractivity contribution in [3.05, 3.63) is 72.1 Å². The number of aromatic nitrogens is 2. The second-order valence-corrected chi connectivity index (χ2v) is 8.25. The first-order valence-corrected chi connectivity index (χ1v) is 11.0. The minimum absolute atomic E-state index is 0.106. The van der Waals surface area contributed by atoms with Gasteiger partial charge >= 0.3 is 0 Å². The van der Waals surface area contributed by atoms with Gasteiger partial charge in [-0.25, -0.2) is 0 Å². The van der Waals surface area contributed by atoms with E-state index in [1.54, 1.807) is 36.5 Å². The monoisotopic (exact) mass is 461 g/mol. The Bertz CT molecular complexity index is 1190. The van der Waals surface area contributed by atoms with Gasteiger partial charge in [0, 0.05) is 37.6 Å². The molecule has 1 aromatic heterocycles. The molecule has 3 amide bonds. The van der Waals surface area contributed by atoms with E-state index in [-0.39, 0.29) is 30.7 Å². The SMILES string of the molecule is COc1ccc(C)cc1N1CC(C(=O)NCc2cccc(NC(=O)Cn3cccn3)c2)CC1=O. The summed E-state index contributed by atoms with van der Waals surface area (Å²) in [5, 5.41) is 9.77. The van der Waals surface area contributed by atoms with Crippen LogP contribution in [0.15, 0.2) is 60.9 Å². The van der Waals surface area contributed by atoms with Crippen LogP contribution in [-0.2, 0) is 27.5 Å². The topological polar surface area (TPSA) is 106 Å². The van der Waals surface area contributed by atoms with Gasteiger partial charge in [0.2, 0.25) is 17.7 Å². The van der Waals surface area contributed by atoms with E-state index in [9.17, 15) is 14.4 Å². The highest BCUT2D eigenvalue weighted by Gasteiger charge is 2.36. The van der Waals surface area contributed by atoms with Crippen LogP contribution in [-0.4, -0.2) is 41.2 Å². The van der Waals surface area contributed by atoms with E-state index in [0.717, 1.165) is 11.1 Å². The number of amides is 3. The predicted octanol–water partition coefficient (Wildman–Crippen LogP) is 2.51. The lowest BCUT2D eigenvalue weighted by atomic mass is 10.1. The van der Waals surface area contributed by atoms with Gasteiger partial charge in [0.25, 0.3) is 0 Å². The Hall–Kier alpha value is -4.14. The maximum atomic E-state index is 12.8. The van der Waals surface area contributed by atoms with E-state index in [4.69, 9.17) is 4.74 Å². The maximum Gasteiger partial charge on any atom is 0.246 e. The van der Waals surface area contributed by atoms with Crippen LogP contribution in [0.4, 0.5) is 11.4 Å². The molecule has 3 aromatic rings. The first-order valence-electron chi connectivity index (χ1n) is 11.0. The van der Waals surface area contributed by atoms with Crippen LogP contribution in [0.25, 0.3) is 0 Å². The lowest BCUT2D eigenvalue weighted by Gasteiger charge is -2.20. The van der Waals surface area contributed by atoms with Crippen LogP contribution < -0.4 is 20.3 Å². The van der Waals surface area contributed by atoms with Crippen LogP contribution in [0.5, 0.6) is 5.75 Å². The molecular formula is C25H27N5O4. The van der Waals surface area contributed by atoms with Crippen molar-refractivity contribution in [2.75, 3.05) is 23.9 Å². The Labute approximate surface area is 197 Å². The highest BCUT2D eigenvalue weighted by atomic mass is 16.5. The van der Waals surface area contributed by atoms with Gasteiger partial charge in [-0.3, -0.25) is 19.1 Å². The number of ether oxygens (including phenoxy) is 1. The van der Waals surface area contributed by atoms with Gasteiger partial charge in [-0.2, -0.15) is 5.10 Å². The number of hydrogen-bond acceptors (Lipinski definition) is 5. The molecular weight excluding hydrogens is 434 g/mol. The molecule has 1 unspecified atom stereocenters. The largest absolute Gasteiger partial charge is 0.495 e. The summed E-state index contributed by atoms with van der Waals surface area (Å²) in [6, 6.07) is 14.7. The molecule has 9 heteroatoms. The highest BCUT2D eigenvalue weighted by Crippen LogP contribution is 2.34. The van der Waals surface area contributed by atoms with Gasteiger partial charge in [-0.1, -0.05) is 18.2 Å². The number of carbonyl (C=O) groups excluding carboxylic acids is 3. The molecule has 1 aliphatic rings. The van der Waals surface area contributed by atoms with Gasteiger partial charge in [0.05, 0.1) is 18.7 Å². The molecule has 2 N–H and O–H groups in total. The molecule has 9 nitrogen and oxygen atoms in total. The molecule has 1 atom stereocenters. The summed E-state index contributed by atoms with van der Waals surface area (Å²) in [7, 11) is 1.56. The maximum absolute atomic E-state index is 12.8. The first-order chi connectivity index (χ1) is 16.4. The Morgan fingerprint density at radius 1 is 1.18 bits per heavy atom. The predicted molar refractivity (Wildman–Crippen MR) is 127 cm³/mol. The number of nitrogens with one attached hydrogen (secondary N) is 2. The normalized spacial score (nSPS) is 15.3. The molecule has 34 heavy (non-hydrogen) atoms. The van der Waals surface area contributed by atoms with Gasteiger partial charge in [0.1, 0.15) is 12.3 Å². The Balaban J connectivity index is 1.33. The summed E-state index contributed by atoms with van der Waals surface area (Å²) < 4.78 is 6.94. The molecule has 4 rings (SSSR count). The van der Waals surface area contributed by atoms with Crippen LogP contribution >= 0.6 is 0 Å². The lowest BCUT2D eigenvalue weighted by Crippen LogP contribution is -2.32. The minimum Gasteiger partial charge on any atom is -0.495 e. The Kier molecular flexibility index (Phi) is 6.91. The Morgan fingerprint density at radius 3 is 2.79 bits per heavy atom. The average Bonchev–Trinajstić information content (AvgIpc) is 3.47. The molecule has 176 valence electrons. The molecule has 2 aromatic carbocycles. The van der Waals surface area contributed by atoms with Gasteiger partial charge in [-0.15, -0.1) is 0 Å². The fourth-order valence-corrected chi connectivity index (χ4v) is 3.96. The zero-order valence-electron chi connectivity index (χ0n) is 19.2. The number of aryl methyl sites for hydroxylation is 1. The fourth-order valence-electron chi connectivity index (χ4n) is 3.96. The van der Waals surface area contributed by atoms with Crippen molar-refractivity contribution in [2.24, 2.45) is 5.92 Å². The molecule has 0 spiro atoms. The third-order valence-electron chi connectivity index (χ3n) is 5.66. The van der Waals surface area contributed by atoms with Crippen molar-refractivity contribution in [3.8, 4) is 5.75 Å². The zero-order chi connectivity index (χ0) is 24.1. The molecule has 1 aliphatic heterocycles. The van der Waals surface area contributed by atoms with Gasteiger partial charge in [0.15, 0.2) is 0 Å². The van der Waals surface area contributed by atoms with Crippen LogP contribution in [0, 0.1) is 12.8 Å². The summed E-state index contributed by atoms with van der Waals surface area (Å²) in [4.78, 5) is 39.3. The van der Waals surface area contributed by atoms with Crippen molar-refractivity contribution in [1.29, 1.82) is 0 Å². The van der Waals surface area contributed by atoms with Crippen molar-refractivity contribution < 1.29 is 19.1 Å². The number of methoxy groups -OCH3 is 1. The number of benzene rings is 2. The minimum atomic E-state index is -0.449.